The van der Waals surface area contributed by atoms with Gasteiger partial charge in [-0.25, -0.2) is 14.4 Å². The summed E-state index contributed by atoms with van der Waals surface area (Å²) in [5, 5.41) is -1.59. The van der Waals surface area contributed by atoms with Crippen LogP contribution in [-0.4, -0.2) is 15.9 Å². The molecular weight excluding hydrogens is 402 g/mol. The van der Waals surface area contributed by atoms with Gasteiger partial charge in [0.1, 0.15) is 16.8 Å². The van der Waals surface area contributed by atoms with Gasteiger partial charge in [-0.3, -0.25) is 4.79 Å². The van der Waals surface area contributed by atoms with Crippen molar-refractivity contribution in [2.45, 2.75) is 16.6 Å². The van der Waals surface area contributed by atoms with Crippen molar-refractivity contribution in [1.29, 1.82) is 0 Å². The summed E-state index contributed by atoms with van der Waals surface area (Å²) < 4.78 is 52.3. The second kappa shape index (κ2) is 6.83. The molecule has 0 aliphatic rings. The molecule has 2 aromatic rings. The Morgan fingerprint density at radius 2 is 2.00 bits per heavy atom. The standard InChI is InChI=1S/C13H8BrF4N3OS/c14-6-1-2-7(8(15)5-6)10(11(19)22)23-12-20-4-3-9(21-12)13(16,17)18/h1-5,10H,(H2,19,22). The minimum Gasteiger partial charge on any atom is -0.368 e. The van der Waals surface area contributed by atoms with Crippen molar-refractivity contribution >= 4 is 33.6 Å². The third-order valence-electron chi connectivity index (χ3n) is 2.65. The maximum absolute atomic E-state index is 14.0. The fourth-order valence-electron chi connectivity index (χ4n) is 1.65. The highest BCUT2D eigenvalue weighted by Crippen LogP contribution is 2.36. The summed E-state index contributed by atoms with van der Waals surface area (Å²) in [7, 11) is 0. The van der Waals surface area contributed by atoms with Crippen LogP contribution in [0.3, 0.4) is 0 Å². The van der Waals surface area contributed by atoms with Crippen molar-refractivity contribution in [3.8, 4) is 0 Å². The smallest absolute Gasteiger partial charge is 0.368 e. The van der Waals surface area contributed by atoms with Crippen LogP contribution < -0.4 is 5.73 Å². The van der Waals surface area contributed by atoms with E-state index in [0.29, 0.717) is 22.3 Å². The Hall–Kier alpha value is -1.68. The molecule has 0 fully saturated rings. The van der Waals surface area contributed by atoms with Crippen molar-refractivity contribution in [3.63, 3.8) is 0 Å². The Labute approximate surface area is 140 Å². The number of halogens is 5. The Kier molecular flexibility index (Phi) is 5.25. The van der Waals surface area contributed by atoms with Crippen LogP contribution in [0.4, 0.5) is 17.6 Å². The average molecular weight is 410 g/mol. The van der Waals surface area contributed by atoms with Gasteiger partial charge < -0.3 is 5.73 Å². The third-order valence-corrected chi connectivity index (χ3v) is 4.27. The first-order chi connectivity index (χ1) is 10.7. The van der Waals surface area contributed by atoms with Crippen molar-refractivity contribution in [3.05, 3.63) is 52.0 Å². The number of carbonyl (C=O) groups is 1. The van der Waals surface area contributed by atoms with E-state index in [9.17, 15) is 22.4 Å². The lowest BCUT2D eigenvalue weighted by Gasteiger charge is -2.14. The van der Waals surface area contributed by atoms with E-state index in [1.807, 2.05) is 0 Å². The van der Waals surface area contributed by atoms with Gasteiger partial charge in [-0.05, 0) is 18.2 Å². The summed E-state index contributed by atoms with van der Waals surface area (Å²) in [5.74, 6) is -1.64. The number of amides is 1. The number of nitrogens with two attached hydrogens (primary N) is 1. The summed E-state index contributed by atoms with van der Waals surface area (Å²) in [6.07, 6.45) is -3.74. The molecule has 1 aromatic heterocycles. The van der Waals surface area contributed by atoms with Gasteiger partial charge in [0.15, 0.2) is 5.16 Å². The average Bonchev–Trinajstić information content (AvgIpc) is 2.44. The molecule has 4 nitrogen and oxygen atoms in total. The monoisotopic (exact) mass is 409 g/mol. The fraction of sp³-hybridized carbons (Fsp3) is 0.154. The van der Waals surface area contributed by atoms with Gasteiger partial charge in [0.25, 0.3) is 0 Å². The zero-order valence-corrected chi connectivity index (χ0v) is 13.5. The number of nitrogens with zero attached hydrogens (tertiary/aromatic N) is 2. The molecule has 0 saturated heterocycles. The molecule has 0 bridgehead atoms. The van der Waals surface area contributed by atoms with Crippen molar-refractivity contribution in [2.75, 3.05) is 0 Å². The van der Waals surface area contributed by atoms with Gasteiger partial charge in [-0.1, -0.05) is 33.8 Å². The van der Waals surface area contributed by atoms with Crippen molar-refractivity contribution in [1.82, 2.24) is 9.97 Å². The van der Waals surface area contributed by atoms with Gasteiger partial charge in [-0.15, -0.1) is 0 Å². The highest BCUT2D eigenvalue weighted by molar-refractivity contribution is 9.10. The third kappa shape index (κ3) is 4.41. The lowest BCUT2D eigenvalue weighted by molar-refractivity contribution is -0.141. The number of carbonyl (C=O) groups excluding carboxylic acids is 1. The summed E-state index contributed by atoms with van der Waals surface area (Å²) in [4.78, 5) is 18.6. The maximum Gasteiger partial charge on any atom is 0.433 e. The van der Waals surface area contributed by atoms with E-state index in [1.54, 1.807) is 0 Å². The Morgan fingerprint density at radius 3 is 2.57 bits per heavy atom. The molecule has 122 valence electrons. The highest BCUT2D eigenvalue weighted by atomic mass is 79.9. The van der Waals surface area contributed by atoms with Crippen molar-refractivity contribution < 1.29 is 22.4 Å². The Balaban J connectivity index is 2.36. The molecule has 1 aromatic carbocycles. The van der Waals surface area contributed by atoms with E-state index in [-0.39, 0.29) is 10.7 Å². The number of hydrogen-bond acceptors (Lipinski definition) is 4. The van der Waals surface area contributed by atoms with Gasteiger partial charge in [0.05, 0.1) is 0 Å². The molecule has 10 heteroatoms. The van der Waals surface area contributed by atoms with Crippen LogP contribution in [0.5, 0.6) is 0 Å². The first kappa shape index (κ1) is 17.7. The molecular formula is C13H8BrF4N3OS. The summed E-state index contributed by atoms with van der Waals surface area (Å²) in [5.41, 5.74) is 4.01. The summed E-state index contributed by atoms with van der Waals surface area (Å²) in [6, 6.07) is 4.62. The number of primary amides is 1. The highest BCUT2D eigenvalue weighted by Gasteiger charge is 2.33. The van der Waals surface area contributed by atoms with Crippen molar-refractivity contribution in [2.24, 2.45) is 5.73 Å². The predicted molar refractivity (Wildman–Crippen MR) is 78.9 cm³/mol. The molecule has 0 saturated carbocycles. The molecule has 2 N–H and O–H groups in total. The number of alkyl halides is 3. The number of rotatable bonds is 4. The molecule has 0 aliphatic heterocycles. The van der Waals surface area contributed by atoms with E-state index in [4.69, 9.17) is 5.73 Å². The summed E-state index contributed by atoms with van der Waals surface area (Å²) >= 11 is 3.62. The second-order valence-electron chi connectivity index (χ2n) is 4.29. The lowest BCUT2D eigenvalue weighted by atomic mass is 10.1. The van der Waals surface area contributed by atoms with Crippen LogP contribution >= 0.6 is 27.7 Å². The van der Waals surface area contributed by atoms with Crippen LogP contribution in [0.1, 0.15) is 16.5 Å². The molecule has 1 atom stereocenters. The van der Waals surface area contributed by atoms with E-state index in [2.05, 4.69) is 25.9 Å². The van der Waals surface area contributed by atoms with E-state index < -0.39 is 28.8 Å². The van der Waals surface area contributed by atoms with Crippen LogP contribution in [0.25, 0.3) is 0 Å². The van der Waals surface area contributed by atoms with Crippen LogP contribution in [0.2, 0.25) is 0 Å². The van der Waals surface area contributed by atoms with Gasteiger partial charge >= 0.3 is 6.18 Å². The lowest BCUT2D eigenvalue weighted by Crippen LogP contribution is -2.20. The van der Waals surface area contributed by atoms with Gasteiger partial charge in [-0.2, -0.15) is 13.2 Å². The zero-order valence-electron chi connectivity index (χ0n) is 11.1. The summed E-state index contributed by atoms with van der Waals surface area (Å²) in [6.45, 7) is 0. The molecule has 0 radical (unpaired) electrons. The largest absolute Gasteiger partial charge is 0.433 e. The molecule has 0 aliphatic carbocycles. The SMILES string of the molecule is NC(=O)C(Sc1nccc(C(F)(F)F)n1)c1ccc(Br)cc1F. The van der Waals surface area contributed by atoms with Crippen LogP contribution in [0.15, 0.2) is 40.1 Å². The Morgan fingerprint density at radius 1 is 1.30 bits per heavy atom. The first-order valence-electron chi connectivity index (χ1n) is 5.99. The first-order valence-corrected chi connectivity index (χ1v) is 7.67. The molecule has 1 heterocycles. The molecule has 1 unspecified atom stereocenters. The van der Waals surface area contributed by atoms with Crippen LogP contribution in [-0.2, 0) is 11.0 Å². The molecule has 23 heavy (non-hydrogen) atoms. The Bertz CT molecular complexity index is 741. The van der Waals surface area contributed by atoms with E-state index >= 15 is 0 Å². The van der Waals surface area contributed by atoms with Gasteiger partial charge in [0.2, 0.25) is 5.91 Å². The van der Waals surface area contributed by atoms with Gasteiger partial charge in [0, 0.05) is 16.2 Å². The number of benzene rings is 1. The maximum atomic E-state index is 14.0. The minimum atomic E-state index is -4.65. The topological polar surface area (TPSA) is 68.9 Å². The molecule has 2 rings (SSSR count). The fourth-order valence-corrected chi connectivity index (χ4v) is 2.90. The molecule has 1 amide bonds. The second-order valence-corrected chi connectivity index (χ2v) is 6.28. The predicted octanol–water partition coefficient (Wildman–Crippen LogP) is 3.72. The van der Waals surface area contributed by atoms with E-state index in [1.165, 1.54) is 12.1 Å². The number of hydrogen-bond donors (Lipinski definition) is 1. The number of aromatic nitrogens is 2. The minimum absolute atomic E-state index is 0.0632. The molecule has 0 spiro atoms. The quantitative estimate of drug-likeness (QED) is 0.474. The van der Waals surface area contributed by atoms with E-state index in [0.717, 1.165) is 12.3 Å². The normalized spacial score (nSPS) is 12.9. The van der Waals surface area contributed by atoms with Crippen LogP contribution in [0, 0.1) is 5.82 Å². The zero-order chi connectivity index (χ0) is 17.2. The number of thioether (sulfide) groups is 1.